The molecule has 0 radical (unpaired) electrons. The van der Waals surface area contributed by atoms with E-state index in [1.54, 1.807) is 0 Å². The molecule has 1 nitrogen and oxygen atoms in total. The molecule has 0 aliphatic heterocycles. The van der Waals surface area contributed by atoms with Crippen LogP contribution >= 0.6 is 15.9 Å². The molecule has 0 spiro atoms. The first-order valence-corrected chi connectivity index (χ1v) is 6.65. The van der Waals surface area contributed by atoms with Crippen LogP contribution in [0.2, 0.25) is 0 Å². The van der Waals surface area contributed by atoms with Gasteiger partial charge in [-0.25, -0.2) is 0 Å². The minimum atomic E-state index is 0.675. The zero-order valence-corrected chi connectivity index (χ0v) is 11.7. The summed E-state index contributed by atoms with van der Waals surface area (Å²) in [4.78, 5) is 4.52. The van der Waals surface area contributed by atoms with Crippen molar-refractivity contribution in [3.8, 4) is 11.3 Å². The molecular weight excluding hydrogens is 274 g/mol. The van der Waals surface area contributed by atoms with Crippen molar-refractivity contribution in [3.63, 3.8) is 0 Å². The van der Waals surface area contributed by atoms with Crippen molar-refractivity contribution in [1.82, 2.24) is 4.98 Å². The van der Waals surface area contributed by atoms with E-state index < -0.39 is 0 Å². The van der Waals surface area contributed by atoms with Crippen LogP contribution in [0.1, 0.15) is 19.4 Å². The number of halogens is 1. The number of nitrogens with zero attached hydrogens (tertiary/aromatic N) is 1. The van der Waals surface area contributed by atoms with Gasteiger partial charge in [0.05, 0.1) is 5.69 Å². The van der Waals surface area contributed by atoms with Gasteiger partial charge in [0, 0.05) is 16.2 Å². The molecule has 1 aromatic heterocycles. The highest BCUT2D eigenvalue weighted by atomic mass is 79.9. The molecule has 0 amide bonds. The van der Waals surface area contributed by atoms with E-state index >= 15 is 0 Å². The number of aromatic nitrogens is 1. The summed E-state index contributed by atoms with van der Waals surface area (Å²) in [7, 11) is 0. The van der Waals surface area contributed by atoms with Crippen LogP contribution < -0.4 is 0 Å². The molecule has 1 heterocycles. The second-order valence-corrected chi connectivity index (χ2v) is 5.58. The third-order valence-corrected chi connectivity index (χ3v) is 3.08. The zero-order chi connectivity index (χ0) is 12.3. The number of benzene rings is 1. The van der Waals surface area contributed by atoms with E-state index in [1.165, 1.54) is 5.56 Å². The molecule has 0 fully saturated rings. The lowest BCUT2D eigenvalue weighted by atomic mass is 10.0. The van der Waals surface area contributed by atoms with Gasteiger partial charge < -0.3 is 0 Å². The number of hydrogen-bond donors (Lipinski definition) is 0. The molecule has 0 unspecified atom stereocenters. The zero-order valence-electron chi connectivity index (χ0n) is 10.2. The summed E-state index contributed by atoms with van der Waals surface area (Å²) in [5.41, 5.74) is 3.48. The van der Waals surface area contributed by atoms with E-state index in [-0.39, 0.29) is 0 Å². The average molecular weight is 290 g/mol. The fraction of sp³-hybridized carbons (Fsp3) is 0.267. The van der Waals surface area contributed by atoms with E-state index in [2.05, 4.69) is 59.0 Å². The van der Waals surface area contributed by atoms with Gasteiger partial charge in [-0.05, 0) is 36.1 Å². The van der Waals surface area contributed by atoms with Gasteiger partial charge in [0.2, 0.25) is 0 Å². The maximum absolute atomic E-state index is 4.52. The van der Waals surface area contributed by atoms with Crippen LogP contribution in [-0.2, 0) is 6.42 Å². The lowest BCUT2D eigenvalue weighted by molar-refractivity contribution is 0.646. The Morgan fingerprint density at radius 3 is 2.59 bits per heavy atom. The molecule has 0 N–H and O–H groups in total. The van der Waals surface area contributed by atoms with E-state index in [1.807, 2.05) is 18.3 Å². The van der Waals surface area contributed by atoms with Crippen LogP contribution in [0.15, 0.2) is 47.1 Å². The molecule has 0 saturated carbocycles. The van der Waals surface area contributed by atoms with E-state index in [0.717, 1.165) is 22.2 Å². The maximum atomic E-state index is 4.52. The average Bonchev–Trinajstić information content (AvgIpc) is 2.29. The molecule has 2 rings (SSSR count). The normalized spacial score (nSPS) is 10.8. The SMILES string of the molecule is CC(C)Cc1ccc(-c2cccc(Br)c2)nc1. The van der Waals surface area contributed by atoms with Crippen LogP contribution in [-0.4, -0.2) is 4.98 Å². The van der Waals surface area contributed by atoms with Crippen LogP contribution in [0, 0.1) is 5.92 Å². The minimum Gasteiger partial charge on any atom is -0.256 e. The Hall–Kier alpha value is -1.15. The number of rotatable bonds is 3. The molecular formula is C15H16BrN. The first kappa shape index (κ1) is 12.3. The molecule has 88 valence electrons. The summed E-state index contributed by atoms with van der Waals surface area (Å²) in [5.74, 6) is 0.675. The van der Waals surface area contributed by atoms with Crippen LogP contribution in [0.3, 0.4) is 0 Å². The van der Waals surface area contributed by atoms with Gasteiger partial charge in [-0.3, -0.25) is 4.98 Å². The predicted octanol–water partition coefficient (Wildman–Crippen LogP) is 4.71. The molecule has 0 atom stereocenters. The van der Waals surface area contributed by atoms with Crippen LogP contribution in [0.4, 0.5) is 0 Å². The summed E-state index contributed by atoms with van der Waals surface area (Å²) in [6.07, 6.45) is 3.07. The number of pyridine rings is 1. The van der Waals surface area contributed by atoms with Gasteiger partial charge in [-0.15, -0.1) is 0 Å². The Bertz CT molecular complexity index is 489. The van der Waals surface area contributed by atoms with Crippen LogP contribution in [0.5, 0.6) is 0 Å². The van der Waals surface area contributed by atoms with Crippen molar-refractivity contribution in [2.24, 2.45) is 5.92 Å². The lowest BCUT2D eigenvalue weighted by Crippen LogP contribution is -1.95. The first-order chi connectivity index (χ1) is 8.15. The molecule has 0 aliphatic rings. The highest BCUT2D eigenvalue weighted by Crippen LogP contribution is 2.21. The van der Waals surface area contributed by atoms with Crippen molar-refractivity contribution in [2.75, 3.05) is 0 Å². The Kier molecular flexibility index (Phi) is 3.95. The van der Waals surface area contributed by atoms with E-state index in [9.17, 15) is 0 Å². The monoisotopic (exact) mass is 289 g/mol. The van der Waals surface area contributed by atoms with Crippen molar-refractivity contribution >= 4 is 15.9 Å². The van der Waals surface area contributed by atoms with Crippen molar-refractivity contribution in [3.05, 3.63) is 52.6 Å². The maximum Gasteiger partial charge on any atom is 0.0702 e. The Balaban J connectivity index is 2.23. The molecule has 0 aliphatic carbocycles. The smallest absolute Gasteiger partial charge is 0.0702 e. The van der Waals surface area contributed by atoms with E-state index in [0.29, 0.717) is 5.92 Å². The lowest BCUT2D eigenvalue weighted by Gasteiger charge is -2.06. The largest absolute Gasteiger partial charge is 0.256 e. The summed E-state index contributed by atoms with van der Waals surface area (Å²) in [6, 6.07) is 12.5. The molecule has 0 saturated heterocycles. The van der Waals surface area contributed by atoms with Crippen molar-refractivity contribution in [1.29, 1.82) is 0 Å². The van der Waals surface area contributed by atoms with Crippen molar-refractivity contribution < 1.29 is 0 Å². The summed E-state index contributed by atoms with van der Waals surface area (Å²) in [6.45, 7) is 4.45. The minimum absolute atomic E-state index is 0.675. The highest BCUT2D eigenvalue weighted by molar-refractivity contribution is 9.10. The summed E-state index contributed by atoms with van der Waals surface area (Å²) in [5, 5.41) is 0. The number of hydrogen-bond acceptors (Lipinski definition) is 1. The third-order valence-electron chi connectivity index (χ3n) is 2.59. The standard InChI is InChI=1S/C15H16BrN/c1-11(2)8-12-6-7-15(17-10-12)13-4-3-5-14(16)9-13/h3-7,9-11H,8H2,1-2H3. The third kappa shape index (κ3) is 3.40. The molecule has 2 heteroatoms. The fourth-order valence-electron chi connectivity index (χ4n) is 1.84. The van der Waals surface area contributed by atoms with Gasteiger partial charge in [0.1, 0.15) is 0 Å². The summed E-state index contributed by atoms with van der Waals surface area (Å²) >= 11 is 3.48. The van der Waals surface area contributed by atoms with E-state index in [4.69, 9.17) is 0 Å². The molecule has 1 aromatic carbocycles. The second kappa shape index (κ2) is 5.46. The Morgan fingerprint density at radius 2 is 2.00 bits per heavy atom. The second-order valence-electron chi connectivity index (χ2n) is 4.66. The van der Waals surface area contributed by atoms with Crippen molar-refractivity contribution in [2.45, 2.75) is 20.3 Å². The molecule has 0 bridgehead atoms. The predicted molar refractivity (Wildman–Crippen MR) is 75.9 cm³/mol. The van der Waals surface area contributed by atoms with Gasteiger partial charge in [-0.1, -0.05) is 48.0 Å². The molecule has 2 aromatic rings. The van der Waals surface area contributed by atoms with Gasteiger partial charge in [-0.2, -0.15) is 0 Å². The Labute approximate surface area is 111 Å². The van der Waals surface area contributed by atoms with Crippen LogP contribution in [0.25, 0.3) is 11.3 Å². The quantitative estimate of drug-likeness (QED) is 0.797. The fourth-order valence-corrected chi connectivity index (χ4v) is 2.23. The molecule has 17 heavy (non-hydrogen) atoms. The first-order valence-electron chi connectivity index (χ1n) is 5.86. The summed E-state index contributed by atoms with van der Waals surface area (Å²) < 4.78 is 1.09. The Morgan fingerprint density at radius 1 is 1.18 bits per heavy atom. The topological polar surface area (TPSA) is 12.9 Å². The van der Waals surface area contributed by atoms with Gasteiger partial charge in [0.25, 0.3) is 0 Å². The highest BCUT2D eigenvalue weighted by Gasteiger charge is 2.01. The van der Waals surface area contributed by atoms with Gasteiger partial charge in [0.15, 0.2) is 0 Å². The van der Waals surface area contributed by atoms with Gasteiger partial charge >= 0.3 is 0 Å².